The minimum atomic E-state index is -0.0203. The smallest absolute Gasteiger partial charge is 0.207 e. The van der Waals surface area contributed by atoms with Crippen molar-refractivity contribution in [3.05, 3.63) is 70.5 Å². The van der Waals surface area contributed by atoms with Crippen LogP contribution in [0, 0.1) is 6.92 Å². The molecule has 0 fully saturated rings. The third kappa shape index (κ3) is 3.16. The van der Waals surface area contributed by atoms with Gasteiger partial charge in [-0.3, -0.25) is 9.48 Å². The van der Waals surface area contributed by atoms with Crippen LogP contribution in [0.4, 0.5) is 0 Å². The molecule has 0 bridgehead atoms. The van der Waals surface area contributed by atoms with E-state index in [1.807, 2.05) is 28.9 Å². The summed E-state index contributed by atoms with van der Waals surface area (Å²) < 4.78 is 1.90. The van der Waals surface area contributed by atoms with Gasteiger partial charge in [-0.05, 0) is 31.2 Å². The number of fused-ring (bicyclic) bond motifs is 1. The van der Waals surface area contributed by atoms with Gasteiger partial charge in [0.2, 0.25) is 5.43 Å². The van der Waals surface area contributed by atoms with Gasteiger partial charge in [0.1, 0.15) is 0 Å². The fourth-order valence-electron chi connectivity index (χ4n) is 2.22. The first-order valence-electron chi connectivity index (χ1n) is 6.88. The molecule has 1 aromatic heterocycles. The maximum Gasteiger partial charge on any atom is 0.207 e. The summed E-state index contributed by atoms with van der Waals surface area (Å²) in [7, 11) is 0. The molecule has 21 heavy (non-hydrogen) atoms. The Balaban J connectivity index is 1.75. The molecule has 3 aromatic rings. The molecule has 0 N–H and O–H groups in total. The third-order valence-electron chi connectivity index (χ3n) is 3.35. The summed E-state index contributed by atoms with van der Waals surface area (Å²) in [5, 5.41) is 4.97. The number of nitrogens with zero attached hydrogens (tertiary/aromatic N) is 2. The molecule has 0 spiro atoms. The van der Waals surface area contributed by atoms with Crippen molar-refractivity contribution in [2.24, 2.45) is 0 Å². The Bertz CT molecular complexity index is 809. The lowest BCUT2D eigenvalue weighted by Gasteiger charge is -2.09. The van der Waals surface area contributed by atoms with Crippen molar-refractivity contribution in [1.29, 1.82) is 0 Å². The lowest BCUT2D eigenvalue weighted by molar-refractivity contribution is 0.675. The Morgan fingerprint density at radius 2 is 1.86 bits per heavy atom. The highest BCUT2D eigenvalue weighted by Gasteiger charge is 2.03. The van der Waals surface area contributed by atoms with E-state index in [1.165, 1.54) is 16.7 Å². The van der Waals surface area contributed by atoms with Crippen LogP contribution in [0.3, 0.4) is 0 Å². The summed E-state index contributed by atoms with van der Waals surface area (Å²) in [5.74, 6) is 0.920. The van der Waals surface area contributed by atoms with Crippen LogP contribution in [-0.2, 0) is 6.54 Å². The highest BCUT2D eigenvalue weighted by Crippen LogP contribution is 2.19. The molecule has 3 nitrogen and oxygen atoms in total. The number of aromatic nitrogens is 2. The second-order valence-electron chi connectivity index (χ2n) is 4.91. The van der Waals surface area contributed by atoms with E-state index in [4.69, 9.17) is 0 Å². The fraction of sp³-hybridized carbons (Fsp3) is 0.176. The molecular weight excluding hydrogens is 280 g/mol. The maximum atomic E-state index is 11.8. The average Bonchev–Trinajstić information content (AvgIpc) is 2.52. The van der Waals surface area contributed by atoms with Crippen LogP contribution < -0.4 is 5.43 Å². The molecule has 0 radical (unpaired) electrons. The number of benzene rings is 2. The van der Waals surface area contributed by atoms with Crippen molar-refractivity contribution < 1.29 is 0 Å². The second kappa shape index (κ2) is 6.14. The Labute approximate surface area is 127 Å². The van der Waals surface area contributed by atoms with Crippen LogP contribution in [0.5, 0.6) is 0 Å². The van der Waals surface area contributed by atoms with Crippen LogP contribution in [0.1, 0.15) is 5.56 Å². The zero-order valence-corrected chi connectivity index (χ0v) is 12.6. The van der Waals surface area contributed by atoms with Crippen molar-refractivity contribution in [1.82, 2.24) is 9.78 Å². The number of aryl methyl sites for hydroxylation is 2. The third-order valence-corrected chi connectivity index (χ3v) is 4.35. The molecule has 3 rings (SSSR count). The number of hydrogen-bond acceptors (Lipinski definition) is 3. The van der Waals surface area contributed by atoms with E-state index >= 15 is 0 Å². The largest absolute Gasteiger partial charge is 0.287 e. The Morgan fingerprint density at radius 3 is 2.67 bits per heavy atom. The van der Waals surface area contributed by atoms with Gasteiger partial charge < -0.3 is 0 Å². The molecule has 1 heterocycles. The van der Waals surface area contributed by atoms with Crippen LogP contribution in [0.2, 0.25) is 0 Å². The Kier molecular flexibility index (Phi) is 4.06. The highest BCUT2D eigenvalue weighted by molar-refractivity contribution is 7.99. The second-order valence-corrected chi connectivity index (χ2v) is 6.08. The first-order chi connectivity index (χ1) is 10.2. The van der Waals surface area contributed by atoms with Crippen molar-refractivity contribution >= 4 is 22.7 Å². The molecular formula is C17H16N2OS. The van der Waals surface area contributed by atoms with Crippen LogP contribution in [0.15, 0.2) is 64.4 Å². The van der Waals surface area contributed by atoms with E-state index in [2.05, 4.69) is 36.3 Å². The topological polar surface area (TPSA) is 34.9 Å². The summed E-state index contributed by atoms with van der Waals surface area (Å²) in [5.41, 5.74) is 2.15. The molecule has 0 aliphatic carbocycles. The van der Waals surface area contributed by atoms with Gasteiger partial charge in [0, 0.05) is 16.0 Å². The van der Waals surface area contributed by atoms with E-state index in [0.717, 1.165) is 23.2 Å². The molecule has 4 heteroatoms. The summed E-state index contributed by atoms with van der Waals surface area (Å²) in [6, 6.07) is 16.1. The lowest BCUT2D eigenvalue weighted by Crippen LogP contribution is -2.13. The number of para-hydroxylation sites is 1. The van der Waals surface area contributed by atoms with Gasteiger partial charge in [0.15, 0.2) is 0 Å². The van der Waals surface area contributed by atoms with Gasteiger partial charge >= 0.3 is 0 Å². The summed E-state index contributed by atoms with van der Waals surface area (Å²) in [6.07, 6.45) is 1.40. The molecule has 0 aliphatic heterocycles. The molecule has 0 unspecified atom stereocenters. The first kappa shape index (κ1) is 13.9. The Hall–Kier alpha value is -2.07. The summed E-state index contributed by atoms with van der Waals surface area (Å²) >= 11 is 1.80. The van der Waals surface area contributed by atoms with E-state index < -0.39 is 0 Å². The summed E-state index contributed by atoms with van der Waals surface area (Å²) in [4.78, 5) is 13.0. The SMILES string of the molecule is Cc1ccc(SCCn2ncc(=O)c3ccccc32)cc1. The van der Waals surface area contributed by atoms with Gasteiger partial charge in [-0.1, -0.05) is 29.8 Å². The number of thioether (sulfide) groups is 1. The first-order valence-corrected chi connectivity index (χ1v) is 7.87. The zero-order chi connectivity index (χ0) is 14.7. The molecule has 0 saturated carbocycles. The number of hydrogen-bond donors (Lipinski definition) is 0. The van der Waals surface area contributed by atoms with Crippen molar-refractivity contribution in [2.45, 2.75) is 18.4 Å². The molecule has 0 amide bonds. The molecule has 0 atom stereocenters. The average molecular weight is 296 g/mol. The Morgan fingerprint density at radius 1 is 1.10 bits per heavy atom. The quantitative estimate of drug-likeness (QED) is 0.691. The monoisotopic (exact) mass is 296 g/mol. The van der Waals surface area contributed by atoms with Gasteiger partial charge in [0.25, 0.3) is 0 Å². The van der Waals surface area contributed by atoms with Crippen LogP contribution in [-0.4, -0.2) is 15.5 Å². The standard InChI is InChI=1S/C17H16N2OS/c1-13-6-8-14(9-7-13)21-11-10-19-16-5-3-2-4-15(16)17(20)12-18-19/h2-9,12H,10-11H2,1H3. The van der Waals surface area contributed by atoms with Gasteiger partial charge in [-0.15, -0.1) is 11.8 Å². The molecule has 2 aromatic carbocycles. The molecule has 106 valence electrons. The van der Waals surface area contributed by atoms with Gasteiger partial charge in [0.05, 0.1) is 18.3 Å². The highest BCUT2D eigenvalue weighted by atomic mass is 32.2. The van der Waals surface area contributed by atoms with Gasteiger partial charge in [-0.2, -0.15) is 5.10 Å². The fourth-order valence-corrected chi connectivity index (χ4v) is 3.05. The molecule has 0 aliphatic rings. The van der Waals surface area contributed by atoms with E-state index in [1.54, 1.807) is 11.8 Å². The van der Waals surface area contributed by atoms with Crippen molar-refractivity contribution in [2.75, 3.05) is 5.75 Å². The lowest BCUT2D eigenvalue weighted by atomic mass is 10.2. The van der Waals surface area contributed by atoms with Crippen LogP contribution in [0.25, 0.3) is 10.9 Å². The van der Waals surface area contributed by atoms with Crippen molar-refractivity contribution in [3.63, 3.8) is 0 Å². The number of rotatable bonds is 4. The van der Waals surface area contributed by atoms with Crippen LogP contribution >= 0.6 is 11.8 Å². The van der Waals surface area contributed by atoms with Crippen molar-refractivity contribution in [3.8, 4) is 0 Å². The van der Waals surface area contributed by atoms with E-state index in [0.29, 0.717) is 0 Å². The minimum absolute atomic E-state index is 0.0203. The predicted molar refractivity (Wildman–Crippen MR) is 87.9 cm³/mol. The zero-order valence-electron chi connectivity index (χ0n) is 11.8. The minimum Gasteiger partial charge on any atom is -0.287 e. The normalized spacial score (nSPS) is 10.9. The van der Waals surface area contributed by atoms with E-state index in [-0.39, 0.29) is 5.43 Å². The molecule has 0 saturated heterocycles. The van der Waals surface area contributed by atoms with Gasteiger partial charge in [-0.25, -0.2) is 0 Å². The maximum absolute atomic E-state index is 11.8. The predicted octanol–water partition coefficient (Wildman–Crippen LogP) is 3.50. The summed E-state index contributed by atoms with van der Waals surface area (Å²) in [6.45, 7) is 2.87. The van der Waals surface area contributed by atoms with E-state index in [9.17, 15) is 4.79 Å².